The number of carbonyl (C=O) groups is 1. The first-order valence-electron chi connectivity index (χ1n) is 5.79. The van der Waals surface area contributed by atoms with Gasteiger partial charge in [0, 0.05) is 24.7 Å². The van der Waals surface area contributed by atoms with Crippen LogP contribution in [0, 0.1) is 0 Å². The molecule has 0 aliphatic carbocycles. The van der Waals surface area contributed by atoms with E-state index in [1.54, 1.807) is 7.11 Å². The summed E-state index contributed by atoms with van der Waals surface area (Å²) in [5.41, 5.74) is 0.739. The Kier molecular flexibility index (Phi) is 4.18. The van der Waals surface area contributed by atoms with Crippen molar-refractivity contribution in [2.75, 3.05) is 20.2 Å². The molecule has 1 fully saturated rings. The van der Waals surface area contributed by atoms with Gasteiger partial charge in [-0.1, -0.05) is 12.1 Å². The fourth-order valence-electron chi connectivity index (χ4n) is 2.10. The van der Waals surface area contributed by atoms with Crippen LogP contribution in [0.4, 0.5) is 0 Å². The van der Waals surface area contributed by atoms with Gasteiger partial charge in [0.1, 0.15) is 0 Å². The molecule has 92 valence electrons. The zero-order valence-corrected chi connectivity index (χ0v) is 11.4. The van der Waals surface area contributed by atoms with E-state index in [9.17, 15) is 4.79 Å². The molecule has 0 spiro atoms. The highest BCUT2D eigenvalue weighted by Gasteiger charge is 2.24. The molecule has 4 heteroatoms. The number of methoxy groups -OCH3 is 1. The van der Waals surface area contributed by atoms with Crippen LogP contribution in [0.2, 0.25) is 0 Å². The van der Waals surface area contributed by atoms with Gasteiger partial charge in [0.25, 0.3) is 5.91 Å². The standard InChI is InChI=1S/C13H16BrNO2/c1-17-10-6-8-15(9-7-10)13(16)11-4-2-3-5-12(11)14/h2-5,10H,6-9H2,1H3. The van der Waals surface area contributed by atoms with E-state index in [-0.39, 0.29) is 5.91 Å². The summed E-state index contributed by atoms with van der Waals surface area (Å²) in [5, 5.41) is 0. The Labute approximate surface area is 110 Å². The summed E-state index contributed by atoms with van der Waals surface area (Å²) in [5.74, 6) is 0.104. The normalized spacial score (nSPS) is 17.2. The number of ether oxygens (including phenoxy) is 1. The number of rotatable bonds is 2. The summed E-state index contributed by atoms with van der Waals surface area (Å²) in [4.78, 5) is 14.2. The predicted molar refractivity (Wildman–Crippen MR) is 70.1 cm³/mol. The van der Waals surface area contributed by atoms with Crippen LogP contribution in [-0.4, -0.2) is 37.1 Å². The van der Waals surface area contributed by atoms with Crippen LogP contribution < -0.4 is 0 Å². The molecule has 1 saturated heterocycles. The molecular formula is C13H16BrNO2. The lowest BCUT2D eigenvalue weighted by molar-refractivity contribution is 0.0350. The average Bonchev–Trinajstić information content (AvgIpc) is 2.39. The van der Waals surface area contributed by atoms with E-state index in [1.165, 1.54) is 0 Å². The predicted octanol–water partition coefficient (Wildman–Crippen LogP) is 2.70. The molecule has 3 nitrogen and oxygen atoms in total. The highest BCUT2D eigenvalue weighted by molar-refractivity contribution is 9.10. The van der Waals surface area contributed by atoms with Crippen LogP contribution in [0.15, 0.2) is 28.7 Å². The molecule has 0 atom stereocenters. The molecule has 1 aliphatic rings. The van der Waals surface area contributed by atoms with Gasteiger partial charge in [-0.2, -0.15) is 0 Å². The van der Waals surface area contributed by atoms with E-state index in [0.717, 1.165) is 36.0 Å². The number of halogens is 1. The van der Waals surface area contributed by atoms with Gasteiger partial charge in [0.05, 0.1) is 11.7 Å². The zero-order valence-electron chi connectivity index (χ0n) is 9.86. The third-order valence-corrected chi connectivity index (χ3v) is 3.86. The van der Waals surface area contributed by atoms with E-state index >= 15 is 0 Å². The maximum Gasteiger partial charge on any atom is 0.255 e. The summed E-state index contributed by atoms with van der Waals surface area (Å²) < 4.78 is 6.16. The van der Waals surface area contributed by atoms with Crippen molar-refractivity contribution >= 4 is 21.8 Å². The third kappa shape index (κ3) is 2.87. The number of carbonyl (C=O) groups excluding carboxylic acids is 1. The quantitative estimate of drug-likeness (QED) is 0.840. The SMILES string of the molecule is COC1CCN(C(=O)c2ccccc2Br)CC1. The molecule has 0 unspecified atom stereocenters. The Bertz CT molecular complexity index is 400. The Morgan fingerprint density at radius 3 is 2.59 bits per heavy atom. The van der Waals surface area contributed by atoms with Gasteiger partial charge >= 0.3 is 0 Å². The first kappa shape index (κ1) is 12.6. The molecule has 0 radical (unpaired) electrons. The number of benzene rings is 1. The minimum atomic E-state index is 0.104. The molecule has 0 aromatic heterocycles. The molecule has 2 rings (SSSR count). The minimum Gasteiger partial charge on any atom is -0.381 e. The number of hydrogen-bond acceptors (Lipinski definition) is 2. The Balaban J connectivity index is 2.04. The molecule has 1 amide bonds. The second-order valence-corrected chi connectivity index (χ2v) is 5.06. The lowest BCUT2D eigenvalue weighted by atomic mass is 10.1. The Hall–Kier alpha value is -0.870. The molecule has 1 aromatic rings. The first-order chi connectivity index (χ1) is 8.22. The van der Waals surface area contributed by atoms with Gasteiger partial charge in [0.15, 0.2) is 0 Å². The maximum absolute atomic E-state index is 12.3. The number of amides is 1. The summed E-state index contributed by atoms with van der Waals surface area (Å²) in [6.07, 6.45) is 2.15. The van der Waals surface area contributed by atoms with Gasteiger partial charge in [-0.25, -0.2) is 0 Å². The second kappa shape index (κ2) is 5.65. The van der Waals surface area contributed by atoms with Gasteiger partial charge in [-0.05, 0) is 40.9 Å². The second-order valence-electron chi connectivity index (χ2n) is 4.21. The van der Waals surface area contributed by atoms with E-state index in [1.807, 2.05) is 29.2 Å². The Morgan fingerprint density at radius 1 is 1.35 bits per heavy atom. The summed E-state index contributed by atoms with van der Waals surface area (Å²) in [6, 6.07) is 7.56. The number of nitrogens with zero attached hydrogens (tertiary/aromatic N) is 1. The van der Waals surface area contributed by atoms with Crippen LogP contribution in [0.3, 0.4) is 0 Å². The van der Waals surface area contributed by atoms with Crippen molar-refractivity contribution in [1.82, 2.24) is 4.90 Å². The fraction of sp³-hybridized carbons (Fsp3) is 0.462. The van der Waals surface area contributed by atoms with Gasteiger partial charge in [-0.3, -0.25) is 4.79 Å². The van der Waals surface area contributed by atoms with Crippen molar-refractivity contribution in [3.63, 3.8) is 0 Å². The van der Waals surface area contributed by atoms with Crippen molar-refractivity contribution in [1.29, 1.82) is 0 Å². The van der Waals surface area contributed by atoms with Crippen molar-refractivity contribution < 1.29 is 9.53 Å². The molecule has 0 saturated carbocycles. The smallest absolute Gasteiger partial charge is 0.255 e. The fourth-order valence-corrected chi connectivity index (χ4v) is 2.55. The van der Waals surface area contributed by atoms with Gasteiger partial charge in [0.2, 0.25) is 0 Å². The Morgan fingerprint density at radius 2 is 2.00 bits per heavy atom. The van der Waals surface area contributed by atoms with Crippen LogP contribution in [-0.2, 0) is 4.74 Å². The highest BCUT2D eigenvalue weighted by Crippen LogP contribution is 2.20. The molecule has 1 aliphatic heterocycles. The third-order valence-electron chi connectivity index (χ3n) is 3.17. The van der Waals surface area contributed by atoms with E-state index < -0.39 is 0 Å². The molecular weight excluding hydrogens is 282 g/mol. The number of hydrogen-bond donors (Lipinski definition) is 0. The van der Waals surface area contributed by atoms with Crippen LogP contribution in [0.5, 0.6) is 0 Å². The summed E-state index contributed by atoms with van der Waals surface area (Å²) >= 11 is 3.42. The largest absolute Gasteiger partial charge is 0.381 e. The van der Waals surface area contributed by atoms with Crippen LogP contribution >= 0.6 is 15.9 Å². The van der Waals surface area contributed by atoms with Crippen molar-refractivity contribution in [2.45, 2.75) is 18.9 Å². The maximum atomic E-state index is 12.3. The van der Waals surface area contributed by atoms with Crippen LogP contribution in [0.1, 0.15) is 23.2 Å². The van der Waals surface area contributed by atoms with E-state index in [4.69, 9.17) is 4.74 Å². The summed E-state index contributed by atoms with van der Waals surface area (Å²) in [7, 11) is 1.73. The average molecular weight is 298 g/mol. The van der Waals surface area contributed by atoms with E-state index in [2.05, 4.69) is 15.9 Å². The van der Waals surface area contributed by atoms with Crippen molar-refractivity contribution in [3.05, 3.63) is 34.3 Å². The number of likely N-dealkylation sites (tertiary alicyclic amines) is 1. The van der Waals surface area contributed by atoms with Gasteiger partial charge in [-0.15, -0.1) is 0 Å². The molecule has 17 heavy (non-hydrogen) atoms. The van der Waals surface area contributed by atoms with Crippen molar-refractivity contribution in [3.8, 4) is 0 Å². The van der Waals surface area contributed by atoms with Crippen LogP contribution in [0.25, 0.3) is 0 Å². The lowest BCUT2D eigenvalue weighted by Crippen LogP contribution is -2.40. The van der Waals surface area contributed by atoms with Gasteiger partial charge < -0.3 is 9.64 Å². The highest BCUT2D eigenvalue weighted by atomic mass is 79.9. The monoisotopic (exact) mass is 297 g/mol. The molecule has 0 bridgehead atoms. The topological polar surface area (TPSA) is 29.5 Å². The van der Waals surface area contributed by atoms with Crippen molar-refractivity contribution in [2.24, 2.45) is 0 Å². The first-order valence-corrected chi connectivity index (χ1v) is 6.58. The molecule has 0 N–H and O–H groups in total. The zero-order chi connectivity index (χ0) is 12.3. The lowest BCUT2D eigenvalue weighted by Gasteiger charge is -2.31. The molecule has 1 aromatic carbocycles. The number of piperidine rings is 1. The molecule has 1 heterocycles. The van der Waals surface area contributed by atoms with E-state index in [0.29, 0.717) is 6.10 Å². The summed E-state index contributed by atoms with van der Waals surface area (Å²) in [6.45, 7) is 1.55. The minimum absolute atomic E-state index is 0.104.